The molecule has 0 aromatic rings. The number of hydrogen-bond acceptors (Lipinski definition) is 3. The topological polar surface area (TPSA) is 49.3 Å². The molecule has 3 nitrogen and oxygen atoms in total. The monoisotopic (exact) mass is 139 g/mol. The van der Waals surface area contributed by atoms with Crippen LogP contribution in [0.4, 0.5) is 0 Å². The maximum atomic E-state index is 10.2. The summed E-state index contributed by atoms with van der Waals surface area (Å²) in [5.74, 6) is 0. The van der Waals surface area contributed by atoms with Crippen molar-refractivity contribution in [1.29, 1.82) is 0 Å². The molecular weight excluding hydrogens is 130 g/mol. The zero-order valence-corrected chi connectivity index (χ0v) is 5.45. The van der Waals surface area contributed by atoms with E-state index >= 15 is 0 Å². The van der Waals surface area contributed by atoms with Crippen LogP contribution in [0.15, 0.2) is 23.9 Å². The van der Waals surface area contributed by atoms with Crippen molar-refractivity contribution in [1.82, 2.24) is 5.32 Å². The molecule has 0 saturated heterocycles. The smallest absolute Gasteiger partial charge is 0.165 e. The van der Waals surface area contributed by atoms with Crippen LogP contribution in [0.25, 0.3) is 0 Å². The molecule has 0 amide bonds. The van der Waals surface area contributed by atoms with Gasteiger partial charge in [0, 0.05) is 0 Å². The van der Waals surface area contributed by atoms with E-state index in [0.29, 0.717) is 5.70 Å². The van der Waals surface area contributed by atoms with E-state index in [9.17, 15) is 4.79 Å². The van der Waals surface area contributed by atoms with E-state index in [1.165, 1.54) is 0 Å². The third-order valence-electron chi connectivity index (χ3n) is 1.29. The van der Waals surface area contributed by atoms with E-state index in [0.717, 1.165) is 6.29 Å². The van der Waals surface area contributed by atoms with Crippen LogP contribution in [-0.4, -0.2) is 24.0 Å². The van der Waals surface area contributed by atoms with Crippen LogP contribution in [-0.2, 0) is 4.79 Å². The lowest BCUT2D eigenvalue weighted by Gasteiger charge is -2.15. The van der Waals surface area contributed by atoms with Gasteiger partial charge in [-0.05, 0) is 6.08 Å². The van der Waals surface area contributed by atoms with E-state index in [-0.39, 0.29) is 12.6 Å². The minimum absolute atomic E-state index is 0.0156. The molecule has 2 N–H and O–H groups in total. The summed E-state index contributed by atoms with van der Waals surface area (Å²) in [6.45, 7) is 0.0156. The highest BCUT2D eigenvalue weighted by Crippen LogP contribution is 1.98. The zero-order chi connectivity index (χ0) is 7.40. The van der Waals surface area contributed by atoms with E-state index in [1.54, 1.807) is 18.2 Å². The molecule has 1 aliphatic rings. The largest absolute Gasteiger partial charge is 0.394 e. The normalized spacial score (nSPS) is 23.3. The molecule has 0 saturated carbocycles. The van der Waals surface area contributed by atoms with Gasteiger partial charge in [0.2, 0.25) is 0 Å². The van der Waals surface area contributed by atoms with Crippen molar-refractivity contribution in [2.24, 2.45) is 0 Å². The Hall–Kier alpha value is -1.09. The molecule has 1 rings (SSSR count). The second kappa shape index (κ2) is 3.17. The van der Waals surface area contributed by atoms with Crippen molar-refractivity contribution in [3.63, 3.8) is 0 Å². The van der Waals surface area contributed by atoms with Gasteiger partial charge in [0.15, 0.2) is 6.29 Å². The maximum Gasteiger partial charge on any atom is 0.165 e. The van der Waals surface area contributed by atoms with Crippen LogP contribution in [0, 0.1) is 0 Å². The highest BCUT2D eigenvalue weighted by molar-refractivity contribution is 5.73. The van der Waals surface area contributed by atoms with E-state index in [4.69, 9.17) is 5.11 Å². The fourth-order valence-corrected chi connectivity index (χ4v) is 0.783. The molecule has 1 heterocycles. The molecule has 0 fully saturated rings. The molecule has 1 atom stereocenters. The summed E-state index contributed by atoms with van der Waals surface area (Å²) in [7, 11) is 0. The number of aliphatic hydroxyl groups excluding tert-OH is 1. The molecule has 0 aromatic carbocycles. The first-order valence-corrected chi connectivity index (χ1v) is 3.08. The number of hydrogen-bond donors (Lipinski definition) is 2. The number of rotatable bonds is 2. The summed E-state index contributed by atoms with van der Waals surface area (Å²) >= 11 is 0. The summed E-state index contributed by atoms with van der Waals surface area (Å²) in [6.07, 6.45) is 5.94. The van der Waals surface area contributed by atoms with Gasteiger partial charge in [-0.3, -0.25) is 4.79 Å². The Kier molecular flexibility index (Phi) is 2.23. The Labute approximate surface area is 59.0 Å². The van der Waals surface area contributed by atoms with Crippen molar-refractivity contribution < 1.29 is 9.90 Å². The van der Waals surface area contributed by atoms with Crippen molar-refractivity contribution in [2.45, 2.75) is 6.04 Å². The predicted molar refractivity (Wildman–Crippen MR) is 37.3 cm³/mol. The third kappa shape index (κ3) is 1.45. The average molecular weight is 139 g/mol. The molecule has 3 heteroatoms. The SMILES string of the molecule is O=CC1=CC=C[C@H](CO)N1. The number of carbonyl (C=O) groups excluding carboxylic acids is 1. The number of aldehydes is 1. The molecule has 54 valence electrons. The highest BCUT2D eigenvalue weighted by Gasteiger charge is 2.06. The van der Waals surface area contributed by atoms with E-state index < -0.39 is 0 Å². The molecule has 0 unspecified atom stereocenters. The predicted octanol–water partition coefficient (Wildman–Crippen LogP) is -0.411. The second-order valence-electron chi connectivity index (χ2n) is 2.06. The Bertz CT molecular complexity index is 184. The number of carbonyl (C=O) groups is 1. The van der Waals surface area contributed by atoms with E-state index in [1.807, 2.05) is 0 Å². The van der Waals surface area contributed by atoms with Crippen molar-refractivity contribution in [3.8, 4) is 0 Å². The Morgan fingerprint density at radius 1 is 1.80 bits per heavy atom. The van der Waals surface area contributed by atoms with Crippen LogP contribution in [0.2, 0.25) is 0 Å². The first-order chi connectivity index (χ1) is 4.86. The molecule has 0 radical (unpaired) electrons. The minimum atomic E-state index is -0.106. The standard InChI is InChI=1S/C7H9NO2/c9-4-6-2-1-3-7(5-10)8-6/h1-4,7-8,10H,5H2/t7-/m1/s1. The molecule has 0 bridgehead atoms. The van der Waals surface area contributed by atoms with Crippen LogP contribution >= 0.6 is 0 Å². The third-order valence-corrected chi connectivity index (χ3v) is 1.29. The van der Waals surface area contributed by atoms with Crippen LogP contribution < -0.4 is 5.32 Å². The zero-order valence-electron chi connectivity index (χ0n) is 5.45. The summed E-state index contributed by atoms with van der Waals surface area (Å²) < 4.78 is 0. The molecule has 0 spiro atoms. The molecule has 0 aromatic heterocycles. The number of nitrogens with one attached hydrogen (secondary N) is 1. The van der Waals surface area contributed by atoms with Gasteiger partial charge < -0.3 is 10.4 Å². The van der Waals surface area contributed by atoms with Gasteiger partial charge >= 0.3 is 0 Å². The van der Waals surface area contributed by atoms with Crippen LogP contribution in [0.1, 0.15) is 0 Å². The van der Waals surface area contributed by atoms with Gasteiger partial charge in [0.25, 0.3) is 0 Å². The van der Waals surface area contributed by atoms with E-state index in [2.05, 4.69) is 5.32 Å². The summed E-state index contributed by atoms with van der Waals surface area (Å²) in [5, 5.41) is 11.5. The maximum absolute atomic E-state index is 10.2. The summed E-state index contributed by atoms with van der Waals surface area (Å²) in [5.41, 5.74) is 0.515. The van der Waals surface area contributed by atoms with Crippen LogP contribution in [0.3, 0.4) is 0 Å². The number of dihydropyridines is 1. The lowest BCUT2D eigenvalue weighted by molar-refractivity contribution is -0.105. The fraction of sp³-hybridized carbons (Fsp3) is 0.286. The Morgan fingerprint density at radius 2 is 2.60 bits per heavy atom. The number of allylic oxidation sites excluding steroid dienone is 3. The molecule has 1 aliphatic heterocycles. The quantitative estimate of drug-likeness (QED) is 0.511. The lowest BCUT2D eigenvalue weighted by Crippen LogP contribution is -2.32. The fourth-order valence-electron chi connectivity index (χ4n) is 0.783. The molecule has 0 aliphatic carbocycles. The Morgan fingerprint density at radius 3 is 3.20 bits per heavy atom. The number of aliphatic hydroxyl groups is 1. The first kappa shape index (κ1) is 7.02. The minimum Gasteiger partial charge on any atom is -0.394 e. The summed E-state index contributed by atoms with van der Waals surface area (Å²) in [6, 6.07) is -0.106. The van der Waals surface area contributed by atoms with Gasteiger partial charge in [-0.1, -0.05) is 12.2 Å². The van der Waals surface area contributed by atoms with Gasteiger partial charge in [-0.15, -0.1) is 0 Å². The average Bonchev–Trinajstić information content (AvgIpc) is 2.05. The summed E-state index contributed by atoms with van der Waals surface area (Å²) in [4.78, 5) is 10.2. The molecule has 10 heavy (non-hydrogen) atoms. The van der Waals surface area contributed by atoms with Gasteiger partial charge in [0.05, 0.1) is 18.3 Å². The van der Waals surface area contributed by atoms with Gasteiger partial charge in [-0.25, -0.2) is 0 Å². The molecular formula is C7H9NO2. The highest BCUT2D eigenvalue weighted by atomic mass is 16.3. The van der Waals surface area contributed by atoms with Gasteiger partial charge in [-0.2, -0.15) is 0 Å². The van der Waals surface area contributed by atoms with Crippen molar-refractivity contribution in [3.05, 3.63) is 23.9 Å². The van der Waals surface area contributed by atoms with Crippen molar-refractivity contribution >= 4 is 6.29 Å². The van der Waals surface area contributed by atoms with Crippen molar-refractivity contribution in [2.75, 3.05) is 6.61 Å². The second-order valence-corrected chi connectivity index (χ2v) is 2.06. The van der Waals surface area contributed by atoms with Gasteiger partial charge in [0.1, 0.15) is 0 Å². The first-order valence-electron chi connectivity index (χ1n) is 3.08. The van der Waals surface area contributed by atoms with Crippen LogP contribution in [0.5, 0.6) is 0 Å². The Balaban J connectivity index is 2.58. The lowest BCUT2D eigenvalue weighted by atomic mass is 10.2.